The number of amides is 2. The summed E-state index contributed by atoms with van der Waals surface area (Å²) in [7, 11) is 0. The van der Waals surface area contributed by atoms with Crippen LogP contribution in [0.2, 0.25) is 0 Å². The van der Waals surface area contributed by atoms with Crippen LogP contribution >= 0.6 is 0 Å². The lowest BCUT2D eigenvalue weighted by atomic mass is 9.79. The van der Waals surface area contributed by atoms with Crippen LogP contribution in [0.1, 0.15) is 52.9 Å². The average Bonchev–Trinajstić information content (AvgIpc) is 2.89. The van der Waals surface area contributed by atoms with Gasteiger partial charge in [-0.05, 0) is 26.7 Å². The van der Waals surface area contributed by atoms with Crippen molar-refractivity contribution >= 4 is 17.7 Å². The maximum absolute atomic E-state index is 12.5. The number of unbranched alkanes of at least 4 members (excludes halogenated alkanes) is 2. The molecule has 0 saturated carbocycles. The number of urea groups is 1. The van der Waals surface area contributed by atoms with Gasteiger partial charge in [-0.25, -0.2) is 10.2 Å². The first kappa shape index (κ1) is 22.3. The van der Waals surface area contributed by atoms with Crippen LogP contribution in [-0.2, 0) is 19.0 Å². The minimum absolute atomic E-state index is 0.0691. The Morgan fingerprint density at radius 3 is 2.73 bits per heavy atom. The summed E-state index contributed by atoms with van der Waals surface area (Å²) in [5.74, 6) is -0.561. The molecule has 26 heavy (non-hydrogen) atoms. The van der Waals surface area contributed by atoms with Crippen LogP contribution in [0.3, 0.4) is 0 Å². The van der Waals surface area contributed by atoms with Crippen molar-refractivity contribution in [2.45, 2.75) is 65.3 Å². The summed E-state index contributed by atoms with van der Waals surface area (Å²) in [5, 5.41) is 14.2. The van der Waals surface area contributed by atoms with E-state index >= 15 is 0 Å². The molecule has 0 unspecified atom stereocenters. The van der Waals surface area contributed by atoms with Gasteiger partial charge in [-0.15, -0.1) is 0 Å². The predicted octanol–water partition coefficient (Wildman–Crippen LogP) is 1.28. The number of esters is 1. The summed E-state index contributed by atoms with van der Waals surface area (Å²) in [4.78, 5) is 23.3. The fraction of sp³-hybridized carbons (Fsp3) is 0.824. The van der Waals surface area contributed by atoms with E-state index < -0.39 is 29.8 Å². The van der Waals surface area contributed by atoms with Gasteiger partial charge >= 0.3 is 12.0 Å². The Bertz CT molecular complexity index is 499. The van der Waals surface area contributed by atoms with E-state index in [9.17, 15) is 14.7 Å². The van der Waals surface area contributed by atoms with Crippen LogP contribution in [0.5, 0.6) is 0 Å². The molecular formula is C17H31N3O6. The van der Waals surface area contributed by atoms with E-state index in [4.69, 9.17) is 19.9 Å². The van der Waals surface area contributed by atoms with Crippen molar-refractivity contribution in [3.05, 3.63) is 0 Å². The molecule has 1 rings (SSSR count). The second-order valence-corrected chi connectivity index (χ2v) is 6.47. The van der Waals surface area contributed by atoms with E-state index in [-0.39, 0.29) is 26.1 Å². The lowest BCUT2D eigenvalue weighted by molar-refractivity contribution is -0.180. The molecule has 150 valence electrons. The van der Waals surface area contributed by atoms with Gasteiger partial charge < -0.3 is 25.1 Å². The molecule has 0 bridgehead atoms. The standard InChI is InChI=1S/C17H31N3O6/c1-4-6-7-8-24-11-13-10-17(15(22)26-13,14(21)25-5-2)9-12(3)19-20-16(18)23/h13,15,22H,4-11H2,1-3H3,(H3,18,20,23)/b19-12-/t13-,15-,17-/m0/s1. The van der Waals surface area contributed by atoms with Crippen molar-refractivity contribution in [2.75, 3.05) is 19.8 Å². The first-order valence-electron chi connectivity index (χ1n) is 9.02. The van der Waals surface area contributed by atoms with Crippen molar-refractivity contribution in [1.29, 1.82) is 0 Å². The molecule has 0 aromatic rings. The molecule has 9 heteroatoms. The molecule has 2 amide bonds. The highest BCUT2D eigenvalue weighted by molar-refractivity contribution is 5.90. The fourth-order valence-corrected chi connectivity index (χ4v) is 2.97. The number of carbonyl (C=O) groups is 2. The van der Waals surface area contributed by atoms with Crippen molar-refractivity contribution in [2.24, 2.45) is 16.3 Å². The first-order valence-corrected chi connectivity index (χ1v) is 9.02. The molecule has 1 saturated heterocycles. The highest BCUT2D eigenvalue weighted by Gasteiger charge is 2.55. The molecule has 1 heterocycles. The molecule has 0 aliphatic carbocycles. The fourth-order valence-electron chi connectivity index (χ4n) is 2.97. The van der Waals surface area contributed by atoms with Gasteiger partial charge in [0, 0.05) is 18.7 Å². The molecule has 3 atom stereocenters. The minimum atomic E-state index is -1.34. The van der Waals surface area contributed by atoms with Crippen molar-refractivity contribution in [3.8, 4) is 0 Å². The predicted molar refractivity (Wildman–Crippen MR) is 95.4 cm³/mol. The monoisotopic (exact) mass is 373 g/mol. The second kappa shape index (κ2) is 11.1. The van der Waals surface area contributed by atoms with E-state index in [1.165, 1.54) is 0 Å². The molecular weight excluding hydrogens is 342 g/mol. The van der Waals surface area contributed by atoms with Crippen LogP contribution in [0.4, 0.5) is 4.79 Å². The molecule has 0 spiro atoms. The Kier molecular flexibility index (Phi) is 9.53. The number of rotatable bonds is 11. The van der Waals surface area contributed by atoms with Crippen LogP contribution in [0.15, 0.2) is 5.10 Å². The molecule has 1 fully saturated rings. The zero-order chi connectivity index (χ0) is 19.6. The number of nitrogens with one attached hydrogen (secondary N) is 1. The van der Waals surface area contributed by atoms with Gasteiger partial charge in [0.15, 0.2) is 6.29 Å². The lowest BCUT2D eigenvalue weighted by Crippen LogP contribution is -2.42. The molecule has 0 aromatic carbocycles. The Morgan fingerprint density at radius 1 is 1.38 bits per heavy atom. The van der Waals surface area contributed by atoms with Gasteiger partial charge in [-0.1, -0.05) is 19.8 Å². The van der Waals surface area contributed by atoms with Crippen molar-refractivity contribution < 1.29 is 28.9 Å². The van der Waals surface area contributed by atoms with E-state index in [1.807, 2.05) is 0 Å². The number of primary amides is 1. The van der Waals surface area contributed by atoms with Crippen LogP contribution in [0, 0.1) is 5.41 Å². The Balaban J connectivity index is 2.77. The van der Waals surface area contributed by atoms with Gasteiger partial charge in [0.05, 0.1) is 19.3 Å². The smallest absolute Gasteiger partial charge is 0.332 e. The third-order valence-electron chi connectivity index (χ3n) is 4.19. The summed E-state index contributed by atoms with van der Waals surface area (Å²) < 4.78 is 16.3. The van der Waals surface area contributed by atoms with E-state index in [0.29, 0.717) is 12.3 Å². The van der Waals surface area contributed by atoms with Gasteiger partial charge in [-0.3, -0.25) is 4.79 Å². The second-order valence-electron chi connectivity index (χ2n) is 6.47. The molecule has 0 aromatic heterocycles. The largest absolute Gasteiger partial charge is 0.465 e. The zero-order valence-electron chi connectivity index (χ0n) is 15.8. The molecule has 4 N–H and O–H groups in total. The third kappa shape index (κ3) is 6.54. The van der Waals surface area contributed by atoms with Crippen molar-refractivity contribution in [3.63, 3.8) is 0 Å². The van der Waals surface area contributed by atoms with Crippen LogP contribution in [-0.4, -0.2) is 55.0 Å². The highest BCUT2D eigenvalue weighted by atomic mass is 16.6. The maximum Gasteiger partial charge on any atom is 0.332 e. The number of nitrogens with zero attached hydrogens (tertiary/aromatic N) is 1. The Morgan fingerprint density at radius 2 is 2.12 bits per heavy atom. The zero-order valence-corrected chi connectivity index (χ0v) is 15.8. The van der Waals surface area contributed by atoms with E-state index in [0.717, 1.165) is 19.3 Å². The Labute approximate surface area is 154 Å². The maximum atomic E-state index is 12.5. The number of hydrogen-bond acceptors (Lipinski definition) is 7. The molecule has 0 radical (unpaired) electrons. The number of hydrogen-bond donors (Lipinski definition) is 3. The lowest BCUT2D eigenvalue weighted by Gasteiger charge is -2.28. The van der Waals surface area contributed by atoms with Gasteiger partial charge in [0.2, 0.25) is 0 Å². The number of ether oxygens (including phenoxy) is 3. The summed E-state index contributed by atoms with van der Waals surface area (Å²) >= 11 is 0. The molecule has 9 nitrogen and oxygen atoms in total. The van der Waals surface area contributed by atoms with Gasteiger partial charge in [0.1, 0.15) is 5.41 Å². The quantitative estimate of drug-likeness (QED) is 0.216. The summed E-state index contributed by atoms with van der Waals surface area (Å²) in [6, 6.07) is -0.809. The first-order chi connectivity index (χ1) is 12.4. The van der Waals surface area contributed by atoms with Crippen LogP contribution in [0.25, 0.3) is 0 Å². The summed E-state index contributed by atoms with van der Waals surface area (Å²) in [5.41, 5.74) is 6.23. The summed E-state index contributed by atoms with van der Waals surface area (Å²) in [6.07, 6.45) is 1.69. The highest BCUT2D eigenvalue weighted by Crippen LogP contribution is 2.42. The van der Waals surface area contributed by atoms with E-state index in [1.54, 1.807) is 13.8 Å². The SMILES string of the molecule is CCCCCOC[C@@H]1C[C@@](C/C(C)=N\NC(N)=O)(C(=O)OCC)[C@@H](O)O1. The number of aliphatic hydroxyl groups is 1. The number of nitrogens with two attached hydrogens (primary N) is 1. The number of hydrazone groups is 1. The van der Waals surface area contributed by atoms with Crippen LogP contribution < -0.4 is 11.2 Å². The topological polar surface area (TPSA) is 132 Å². The summed E-state index contributed by atoms with van der Waals surface area (Å²) in [6.45, 7) is 6.51. The normalized spacial score (nSPS) is 25.9. The minimum Gasteiger partial charge on any atom is -0.465 e. The third-order valence-corrected chi connectivity index (χ3v) is 4.19. The van der Waals surface area contributed by atoms with Gasteiger partial charge in [0.25, 0.3) is 0 Å². The van der Waals surface area contributed by atoms with E-state index in [2.05, 4.69) is 17.5 Å². The average molecular weight is 373 g/mol. The van der Waals surface area contributed by atoms with Crippen molar-refractivity contribution in [1.82, 2.24) is 5.43 Å². The molecule has 1 aliphatic heterocycles. The number of aliphatic hydroxyl groups excluding tert-OH is 1. The Hall–Kier alpha value is -1.71. The molecule has 1 aliphatic rings. The van der Waals surface area contributed by atoms with Gasteiger partial charge in [-0.2, -0.15) is 5.10 Å². The number of carbonyl (C=O) groups excluding carboxylic acids is 2.